The molecular weight excluding hydrogens is 234 g/mol. The second kappa shape index (κ2) is 6.20. The number of hydrogen-bond donors (Lipinski definition) is 3. The van der Waals surface area contributed by atoms with E-state index >= 15 is 0 Å². The summed E-state index contributed by atoms with van der Waals surface area (Å²) in [6.07, 6.45) is 3.36. The fourth-order valence-electron chi connectivity index (χ4n) is 1.89. The van der Waals surface area contributed by atoms with E-state index in [1.807, 2.05) is 0 Å². The lowest BCUT2D eigenvalue weighted by molar-refractivity contribution is -0.122. The first-order valence-corrected chi connectivity index (χ1v) is 6.10. The number of furan rings is 1. The molecule has 6 nitrogen and oxygen atoms in total. The molecule has 1 fully saturated rings. The van der Waals surface area contributed by atoms with Crippen molar-refractivity contribution >= 4 is 11.8 Å². The van der Waals surface area contributed by atoms with Crippen molar-refractivity contribution in [3.63, 3.8) is 0 Å². The Balaban J connectivity index is 1.61. The first-order chi connectivity index (χ1) is 8.77. The second-order valence-electron chi connectivity index (χ2n) is 4.17. The van der Waals surface area contributed by atoms with Crippen LogP contribution < -0.4 is 16.0 Å². The second-order valence-corrected chi connectivity index (χ2v) is 4.17. The molecule has 1 atom stereocenters. The topological polar surface area (TPSA) is 83.4 Å². The summed E-state index contributed by atoms with van der Waals surface area (Å²) >= 11 is 0. The molecule has 18 heavy (non-hydrogen) atoms. The molecule has 1 aromatic rings. The van der Waals surface area contributed by atoms with Crippen LogP contribution in [-0.2, 0) is 4.79 Å². The smallest absolute Gasteiger partial charge is 0.287 e. The molecule has 0 bridgehead atoms. The first kappa shape index (κ1) is 12.6. The summed E-state index contributed by atoms with van der Waals surface area (Å²) in [5.74, 6) is 0.00627. The molecule has 0 aromatic carbocycles. The Kier molecular flexibility index (Phi) is 4.35. The zero-order chi connectivity index (χ0) is 12.8. The van der Waals surface area contributed by atoms with Crippen LogP contribution in [-0.4, -0.2) is 37.5 Å². The van der Waals surface area contributed by atoms with Crippen LogP contribution in [0.4, 0.5) is 0 Å². The van der Waals surface area contributed by atoms with Gasteiger partial charge in [0, 0.05) is 13.1 Å². The van der Waals surface area contributed by atoms with Gasteiger partial charge in [-0.25, -0.2) is 0 Å². The van der Waals surface area contributed by atoms with Crippen molar-refractivity contribution in [1.82, 2.24) is 16.0 Å². The highest BCUT2D eigenvalue weighted by molar-refractivity contribution is 5.91. The van der Waals surface area contributed by atoms with E-state index in [4.69, 9.17) is 4.42 Å². The van der Waals surface area contributed by atoms with Crippen LogP contribution in [0, 0.1) is 0 Å². The van der Waals surface area contributed by atoms with E-state index in [1.165, 1.54) is 6.26 Å². The Morgan fingerprint density at radius 3 is 2.89 bits per heavy atom. The van der Waals surface area contributed by atoms with Gasteiger partial charge in [-0.05, 0) is 31.5 Å². The van der Waals surface area contributed by atoms with Crippen molar-refractivity contribution in [2.24, 2.45) is 0 Å². The number of carbonyl (C=O) groups excluding carboxylic acids is 2. The van der Waals surface area contributed by atoms with Crippen LogP contribution in [0.15, 0.2) is 22.8 Å². The summed E-state index contributed by atoms with van der Waals surface area (Å²) in [6, 6.07) is 3.17. The van der Waals surface area contributed by atoms with E-state index in [1.54, 1.807) is 12.1 Å². The summed E-state index contributed by atoms with van der Waals surface area (Å²) in [6.45, 7) is 1.70. The van der Waals surface area contributed by atoms with Gasteiger partial charge in [-0.15, -0.1) is 0 Å². The summed E-state index contributed by atoms with van der Waals surface area (Å²) in [4.78, 5) is 23.1. The highest BCUT2D eigenvalue weighted by atomic mass is 16.3. The van der Waals surface area contributed by atoms with Crippen molar-refractivity contribution in [1.29, 1.82) is 0 Å². The normalized spacial score (nSPS) is 18.6. The third-order valence-electron chi connectivity index (χ3n) is 2.83. The molecule has 0 radical (unpaired) electrons. The van der Waals surface area contributed by atoms with Gasteiger partial charge in [0.05, 0.1) is 12.3 Å². The molecule has 3 N–H and O–H groups in total. The maximum absolute atomic E-state index is 11.6. The van der Waals surface area contributed by atoms with Crippen molar-refractivity contribution < 1.29 is 14.0 Å². The van der Waals surface area contributed by atoms with Crippen molar-refractivity contribution in [2.45, 2.75) is 18.9 Å². The number of hydrogen-bond acceptors (Lipinski definition) is 4. The Morgan fingerprint density at radius 1 is 1.39 bits per heavy atom. The van der Waals surface area contributed by atoms with E-state index in [0.717, 1.165) is 19.4 Å². The minimum Gasteiger partial charge on any atom is -0.459 e. The van der Waals surface area contributed by atoms with Gasteiger partial charge in [0.2, 0.25) is 5.91 Å². The lowest BCUT2D eigenvalue weighted by atomic mass is 10.2. The maximum atomic E-state index is 11.6. The Morgan fingerprint density at radius 2 is 2.22 bits per heavy atom. The molecule has 1 aromatic heterocycles. The molecule has 1 saturated heterocycles. The predicted octanol–water partition coefficient (Wildman–Crippen LogP) is -0.122. The molecule has 0 spiro atoms. The maximum Gasteiger partial charge on any atom is 0.287 e. The zero-order valence-electron chi connectivity index (χ0n) is 10.1. The minimum atomic E-state index is -0.270. The molecule has 2 amide bonds. The summed E-state index contributed by atoms with van der Waals surface area (Å²) < 4.78 is 4.95. The lowest BCUT2D eigenvalue weighted by Crippen LogP contribution is -2.43. The molecule has 2 rings (SSSR count). The van der Waals surface area contributed by atoms with Crippen molar-refractivity contribution in [3.8, 4) is 0 Å². The van der Waals surface area contributed by atoms with E-state index in [-0.39, 0.29) is 23.6 Å². The SMILES string of the molecule is O=C(NCCNC(=O)C1CCCN1)c1ccco1. The van der Waals surface area contributed by atoms with Crippen LogP contribution in [0.3, 0.4) is 0 Å². The Hall–Kier alpha value is -1.82. The summed E-state index contributed by atoms with van der Waals surface area (Å²) in [7, 11) is 0. The van der Waals surface area contributed by atoms with E-state index in [9.17, 15) is 9.59 Å². The van der Waals surface area contributed by atoms with Crippen LogP contribution >= 0.6 is 0 Å². The fourth-order valence-corrected chi connectivity index (χ4v) is 1.89. The van der Waals surface area contributed by atoms with Crippen LogP contribution in [0.5, 0.6) is 0 Å². The van der Waals surface area contributed by atoms with Crippen LogP contribution in [0.2, 0.25) is 0 Å². The molecule has 1 aliphatic heterocycles. The Labute approximate surface area is 105 Å². The molecular formula is C12H17N3O3. The van der Waals surface area contributed by atoms with Gasteiger partial charge in [0.15, 0.2) is 5.76 Å². The van der Waals surface area contributed by atoms with Gasteiger partial charge in [-0.1, -0.05) is 0 Å². The highest BCUT2D eigenvalue weighted by Gasteiger charge is 2.21. The van der Waals surface area contributed by atoms with Crippen LogP contribution in [0.25, 0.3) is 0 Å². The van der Waals surface area contributed by atoms with Crippen molar-refractivity contribution in [2.75, 3.05) is 19.6 Å². The largest absolute Gasteiger partial charge is 0.459 e. The van der Waals surface area contributed by atoms with Gasteiger partial charge in [-0.3, -0.25) is 9.59 Å². The summed E-state index contributed by atoms with van der Waals surface area (Å²) in [5.41, 5.74) is 0. The van der Waals surface area contributed by atoms with E-state index < -0.39 is 0 Å². The molecule has 2 heterocycles. The third-order valence-corrected chi connectivity index (χ3v) is 2.83. The lowest BCUT2D eigenvalue weighted by Gasteiger charge is -2.11. The quantitative estimate of drug-likeness (QED) is 0.637. The van der Waals surface area contributed by atoms with E-state index in [2.05, 4.69) is 16.0 Å². The number of carbonyl (C=O) groups is 2. The van der Waals surface area contributed by atoms with Gasteiger partial charge >= 0.3 is 0 Å². The first-order valence-electron chi connectivity index (χ1n) is 6.10. The molecule has 1 aliphatic rings. The molecule has 1 unspecified atom stereocenters. The monoisotopic (exact) mass is 251 g/mol. The zero-order valence-corrected chi connectivity index (χ0v) is 10.1. The van der Waals surface area contributed by atoms with E-state index in [0.29, 0.717) is 13.1 Å². The molecule has 6 heteroatoms. The van der Waals surface area contributed by atoms with Gasteiger partial charge in [-0.2, -0.15) is 0 Å². The third kappa shape index (κ3) is 3.33. The number of amides is 2. The summed E-state index contributed by atoms with van der Waals surface area (Å²) in [5, 5.41) is 8.56. The van der Waals surface area contributed by atoms with Gasteiger partial charge in [0.25, 0.3) is 5.91 Å². The predicted molar refractivity (Wildman–Crippen MR) is 65.1 cm³/mol. The number of rotatable bonds is 5. The number of nitrogens with one attached hydrogen (secondary N) is 3. The molecule has 98 valence electrons. The highest BCUT2D eigenvalue weighted by Crippen LogP contribution is 2.04. The fraction of sp³-hybridized carbons (Fsp3) is 0.500. The minimum absolute atomic E-state index is 0.000234. The standard InChI is InChI=1S/C12H17N3O3/c16-11(9-3-1-5-13-9)14-6-7-15-12(17)10-4-2-8-18-10/h2,4,8-9,13H,1,3,5-7H2,(H,14,16)(H,15,17). The van der Waals surface area contributed by atoms with Crippen LogP contribution in [0.1, 0.15) is 23.4 Å². The molecule has 0 aliphatic carbocycles. The Bertz CT molecular complexity index is 397. The van der Waals surface area contributed by atoms with Crippen molar-refractivity contribution in [3.05, 3.63) is 24.2 Å². The van der Waals surface area contributed by atoms with Gasteiger partial charge in [0.1, 0.15) is 0 Å². The molecule has 0 saturated carbocycles. The average Bonchev–Trinajstić information content (AvgIpc) is 3.05. The average molecular weight is 251 g/mol. The van der Waals surface area contributed by atoms with Gasteiger partial charge < -0.3 is 20.4 Å².